The maximum atomic E-state index is 12.1. The third-order valence-electron chi connectivity index (χ3n) is 3.91. The van der Waals surface area contributed by atoms with Crippen molar-refractivity contribution in [3.05, 3.63) is 24.4 Å². The van der Waals surface area contributed by atoms with Crippen LogP contribution in [0.5, 0.6) is 0 Å². The van der Waals surface area contributed by atoms with E-state index in [1.54, 1.807) is 4.90 Å². The molecule has 124 valence electrons. The molecule has 23 heavy (non-hydrogen) atoms. The van der Waals surface area contributed by atoms with Crippen molar-refractivity contribution in [2.24, 2.45) is 0 Å². The Morgan fingerprint density at radius 2 is 2.04 bits per heavy atom. The van der Waals surface area contributed by atoms with Gasteiger partial charge in [-0.1, -0.05) is 0 Å². The summed E-state index contributed by atoms with van der Waals surface area (Å²) < 4.78 is 5.42. The summed E-state index contributed by atoms with van der Waals surface area (Å²) in [5, 5.41) is 4.57. The third kappa shape index (κ3) is 3.94. The van der Waals surface area contributed by atoms with Crippen molar-refractivity contribution in [1.82, 2.24) is 14.9 Å². The second-order valence-corrected chi connectivity index (χ2v) is 7.00. The number of nitrogens with zero attached hydrogens (tertiary/aromatic N) is 2. The minimum Gasteiger partial charge on any atom is -0.444 e. The summed E-state index contributed by atoms with van der Waals surface area (Å²) in [6, 6.07) is 6.38. The highest BCUT2D eigenvalue weighted by molar-refractivity contribution is 5.77. The number of piperidine rings is 1. The lowest BCUT2D eigenvalue weighted by atomic mass is 10.1. The highest BCUT2D eigenvalue weighted by atomic mass is 16.6. The van der Waals surface area contributed by atoms with Crippen LogP contribution in [-0.2, 0) is 4.74 Å². The van der Waals surface area contributed by atoms with Gasteiger partial charge in [-0.2, -0.15) is 0 Å². The topological polar surface area (TPSA) is 70.2 Å². The molecule has 1 aliphatic heterocycles. The van der Waals surface area contributed by atoms with Crippen molar-refractivity contribution >= 4 is 22.9 Å². The molecule has 2 aromatic rings. The van der Waals surface area contributed by atoms with E-state index in [-0.39, 0.29) is 6.09 Å². The van der Waals surface area contributed by atoms with Gasteiger partial charge in [0.05, 0.1) is 0 Å². The van der Waals surface area contributed by atoms with E-state index in [4.69, 9.17) is 4.74 Å². The average molecular weight is 316 g/mol. The number of nitrogens with one attached hydrogen (secondary N) is 2. The van der Waals surface area contributed by atoms with E-state index in [0.717, 1.165) is 29.7 Å². The summed E-state index contributed by atoms with van der Waals surface area (Å²) in [6.07, 6.45) is 3.45. The number of rotatable bonds is 2. The second-order valence-electron chi connectivity index (χ2n) is 7.00. The summed E-state index contributed by atoms with van der Waals surface area (Å²) in [6.45, 7) is 7.08. The molecule has 0 unspecified atom stereocenters. The molecule has 6 heteroatoms. The number of hydrogen-bond acceptors (Lipinski definition) is 4. The predicted octanol–water partition coefficient (Wildman–Crippen LogP) is 3.37. The van der Waals surface area contributed by atoms with Crippen LogP contribution in [0.1, 0.15) is 33.6 Å². The molecule has 0 aromatic carbocycles. The zero-order valence-corrected chi connectivity index (χ0v) is 13.9. The first kappa shape index (κ1) is 15.6. The minimum atomic E-state index is -0.443. The van der Waals surface area contributed by atoms with Crippen LogP contribution in [0.3, 0.4) is 0 Å². The number of anilines is 1. The van der Waals surface area contributed by atoms with Crippen molar-refractivity contribution in [2.75, 3.05) is 18.4 Å². The number of carbonyl (C=O) groups is 1. The molecule has 2 N–H and O–H groups in total. The van der Waals surface area contributed by atoms with Crippen molar-refractivity contribution in [1.29, 1.82) is 0 Å². The van der Waals surface area contributed by atoms with Gasteiger partial charge in [0, 0.05) is 30.7 Å². The van der Waals surface area contributed by atoms with Crippen LogP contribution in [0.15, 0.2) is 24.4 Å². The first-order chi connectivity index (χ1) is 10.9. The number of pyridine rings is 1. The van der Waals surface area contributed by atoms with Gasteiger partial charge in [-0.25, -0.2) is 9.78 Å². The number of ether oxygens (including phenoxy) is 1. The van der Waals surface area contributed by atoms with Crippen LogP contribution in [-0.4, -0.2) is 45.7 Å². The van der Waals surface area contributed by atoms with Crippen LogP contribution in [0.4, 0.5) is 10.6 Å². The maximum Gasteiger partial charge on any atom is 0.410 e. The highest BCUT2D eigenvalue weighted by Crippen LogP contribution is 2.19. The van der Waals surface area contributed by atoms with Crippen molar-refractivity contribution < 1.29 is 9.53 Å². The summed E-state index contributed by atoms with van der Waals surface area (Å²) in [5.74, 6) is 0.871. The van der Waals surface area contributed by atoms with Crippen LogP contribution in [0.2, 0.25) is 0 Å². The van der Waals surface area contributed by atoms with Crippen molar-refractivity contribution in [3.63, 3.8) is 0 Å². The van der Waals surface area contributed by atoms with Crippen molar-refractivity contribution in [2.45, 2.75) is 45.3 Å². The predicted molar refractivity (Wildman–Crippen MR) is 90.5 cm³/mol. The molecule has 0 spiro atoms. The molecule has 0 aliphatic carbocycles. The van der Waals surface area contributed by atoms with E-state index in [9.17, 15) is 4.79 Å². The lowest BCUT2D eigenvalue weighted by Crippen LogP contribution is -2.44. The lowest BCUT2D eigenvalue weighted by Gasteiger charge is -2.33. The number of hydrogen-bond donors (Lipinski definition) is 2. The number of H-pyrrole nitrogens is 1. The molecule has 0 atom stereocenters. The Morgan fingerprint density at radius 1 is 1.30 bits per heavy atom. The molecule has 1 amide bonds. The number of fused-ring (bicyclic) bond motifs is 1. The first-order valence-corrected chi connectivity index (χ1v) is 8.09. The van der Waals surface area contributed by atoms with Gasteiger partial charge in [0.1, 0.15) is 17.1 Å². The fourth-order valence-corrected chi connectivity index (χ4v) is 2.75. The van der Waals surface area contributed by atoms with Crippen LogP contribution in [0.25, 0.3) is 11.0 Å². The zero-order chi connectivity index (χ0) is 16.4. The van der Waals surface area contributed by atoms with E-state index >= 15 is 0 Å². The quantitative estimate of drug-likeness (QED) is 0.891. The van der Waals surface area contributed by atoms with E-state index in [2.05, 4.69) is 21.4 Å². The van der Waals surface area contributed by atoms with Crippen LogP contribution < -0.4 is 5.32 Å². The lowest BCUT2D eigenvalue weighted by molar-refractivity contribution is 0.0210. The second kappa shape index (κ2) is 6.10. The Bertz CT molecular complexity index is 681. The molecule has 1 fully saturated rings. The van der Waals surface area contributed by atoms with Crippen LogP contribution in [0, 0.1) is 0 Å². The van der Waals surface area contributed by atoms with Gasteiger partial charge in [0.2, 0.25) is 0 Å². The number of amides is 1. The molecular weight excluding hydrogens is 292 g/mol. The van der Waals surface area contributed by atoms with E-state index in [1.807, 2.05) is 39.1 Å². The largest absolute Gasteiger partial charge is 0.444 e. The van der Waals surface area contributed by atoms with E-state index < -0.39 is 5.60 Å². The van der Waals surface area contributed by atoms with Gasteiger partial charge in [0.15, 0.2) is 0 Å². The number of aromatic nitrogens is 2. The third-order valence-corrected chi connectivity index (χ3v) is 3.91. The maximum absolute atomic E-state index is 12.1. The molecular formula is C17H24N4O2. The SMILES string of the molecule is CC(C)(C)OC(=O)N1CCC(Nc2ccc3cc[nH]c3n2)CC1. The molecule has 1 aliphatic rings. The monoisotopic (exact) mass is 316 g/mol. The molecule has 0 saturated carbocycles. The molecule has 3 rings (SSSR count). The fourth-order valence-electron chi connectivity index (χ4n) is 2.75. The summed E-state index contributed by atoms with van der Waals surface area (Å²) in [7, 11) is 0. The van der Waals surface area contributed by atoms with Crippen molar-refractivity contribution in [3.8, 4) is 0 Å². The average Bonchev–Trinajstić information content (AvgIpc) is 2.94. The van der Waals surface area contributed by atoms with Gasteiger partial charge in [-0.3, -0.25) is 0 Å². The minimum absolute atomic E-state index is 0.220. The zero-order valence-electron chi connectivity index (χ0n) is 13.9. The van der Waals surface area contributed by atoms with Gasteiger partial charge in [0.25, 0.3) is 0 Å². The first-order valence-electron chi connectivity index (χ1n) is 8.09. The van der Waals surface area contributed by atoms with Gasteiger partial charge in [-0.15, -0.1) is 0 Å². The Labute approximate surface area is 136 Å². The highest BCUT2D eigenvalue weighted by Gasteiger charge is 2.26. The summed E-state index contributed by atoms with van der Waals surface area (Å²) >= 11 is 0. The molecule has 0 radical (unpaired) electrons. The Morgan fingerprint density at radius 3 is 2.74 bits per heavy atom. The molecule has 2 aromatic heterocycles. The van der Waals surface area contributed by atoms with Gasteiger partial charge < -0.3 is 19.9 Å². The molecule has 1 saturated heterocycles. The summed E-state index contributed by atoms with van der Waals surface area (Å²) in [4.78, 5) is 21.5. The number of aromatic amines is 1. The molecule has 6 nitrogen and oxygen atoms in total. The van der Waals surface area contributed by atoms with E-state index in [1.165, 1.54) is 0 Å². The van der Waals surface area contributed by atoms with E-state index in [0.29, 0.717) is 19.1 Å². The van der Waals surface area contributed by atoms with Gasteiger partial charge in [-0.05, 0) is 51.8 Å². The Kier molecular flexibility index (Phi) is 4.15. The molecule has 3 heterocycles. The summed E-state index contributed by atoms with van der Waals surface area (Å²) in [5.41, 5.74) is 0.447. The Hall–Kier alpha value is -2.24. The number of likely N-dealkylation sites (tertiary alicyclic amines) is 1. The Balaban J connectivity index is 1.53. The molecule has 0 bridgehead atoms. The van der Waals surface area contributed by atoms with Crippen LogP contribution >= 0.6 is 0 Å². The van der Waals surface area contributed by atoms with Gasteiger partial charge >= 0.3 is 6.09 Å². The smallest absolute Gasteiger partial charge is 0.410 e. The fraction of sp³-hybridized carbons (Fsp3) is 0.529. The standard InChI is InChI=1S/C17H24N4O2/c1-17(2,3)23-16(22)21-10-7-13(8-11-21)19-14-5-4-12-6-9-18-15(12)20-14/h4-6,9,13H,7-8,10-11H2,1-3H3,(H2,18,19,20). The normalized spacial score (nSPS) is 16.6. The number of carbonyl (C=O) groups excluding carboxylic acids is 1.